The van der Waals surface area contributed by atoms with E-state index in [0.29, 0.717) is 5.58 Å². The lowest BCUT2D eigenvalue weighted by Crippen LogP contribution is -2.43. The number of fused-ring (bicyclic) bond motifs is 1. The Morgan fingerprint density at radius 2 is 2.00 bits per heavy atom. The third kappa shape index (κ3) is 1.62. The summed E-state index contributed by atoms with van der Waals surface area (Å²) >= 11 is 0. The molecule has 17 heavy (non-hydrogen) atoms. The Morgan fingerprint density at radius 1 is 1.24 bits per heavy atom. The molecule has 1 amide bonds. The molecular weight excluding hydrogens is 218 g/mol. The fourth-order valence-electron chi connectivity index (χ4n) is 1.90. The van der Waals surface area contributed by atoms with Crippen LogP contribution in [0.25, 0.3) is 11.0 Å². The van der Waals surface area contributed by atoms with Crippen molar-refractivity contribution >= 4 is 16.9 Å². The second kappa shape index (κ2) is 3.73. The molecule has 86 valence electrons. The summed E-state index contributed by atoms with van der Waals surface area (Å²) in [5.41, 5.74) is 0.0849. The highest BCUT2D eigenvalue weighted by Crippen LogP contribution is 2.15. The van der Waals surface area contributed by atoms with Gasteiger partial charge < -0.3 is 9.32 Å². The molecule has 0 aliphatic carbocycles. The predicted molar refractivity (Wildman–Crippen MR) is 63.0 cm³/mol. The Labute approximate surface area is 97.5 Å². The molecule has 1 aliphatic heterocycles. The van der Waals surface area contributed by atoms with Gasteiger partial charge in [0.25, 0.3) is 5.91 Å². The van der Waals surface area contributed by atoms with Crippen LogP contribution in [0.5, 0.6) is 0 Å². The zero-order valence-corrected chi connectivity index (χ0v) is 9.18. The van der Waals surface area contributed by atoms with Gasteiger partial charge in [0.1, 0.15) is 11.1 Å². The first-order chi connectivity index (χ1) is 8.25. The number of rotatable bonds is 1. The minimum Gasteiger partial charge on any atom is -0.422 e. The summed E-state index contributed by atoms with van der Waals surface area (Å²) in [6.07, 6.45) is 1.00. The molecule has 1 fully saturated rings. The monoisotopic (exact) mass is 229 g/mol. The number of para-hydroxylation sites is 1. The highest BCUT2D eigenvalue weighted by Gasteiger charge is 2.24. The number of nitrogens with zero attached hydrogens (tertiary/aromatic N) is 1. The second-order valence-electron chi connectivity index (χ2n) is 4.13. The molecule has 4 heteroatoms. The van der Waals surface area contributed by atoms with Gasteiger partial charge >= 0.3 is 5.63 Å². The highest BCUT2D eigenvalue weighted by atomic mass is 16.4. The lowest BCUT2D eigenvalue weighted by Gasteiger charge is -2.30. The summed E-state index contributed by atoms with van der Waals surface area (Å²) < 4.78 is 5.13. The summed E-state index contributed by atoms with van der Waals surface area (Å²) in [4.78, 5) is 25.3. The first kappa shape index (κ1) is 10.1. The summed E-state index contributed by atoms with van der Waals surface area (Å²) in [6, 6.07) is 8.80. The number of amides is 1. The van der Waals surface area contributed by atoms with Crippen LogP contribution in [0, 0.1) is 0 Å². The van der Waals surface area contributed by atoms with E-state index in [1.165, 1.54) is 0 Å². The van der Waals surface area contributed by atoms with Gasteiger partial charge in [-0.25, -0.2) is 4.79 Å². The summed E-state index contributed by atoms with van der Waals surface area (Å²) in [5.74, 6) is -0.226. The summed E-state index contributed by atoms with van der Waals surface area (Å²) in [7, 11) is 0. The Bertz CT molecular complexity index is 640. The molecule has 0 atom stereocenters. The van der Waals surface area contributed by atoms with Crippen LogP contribution in [-0.2, 0) is 0 Å². The molecule has 4 nitrogen and oxygen atoms in total. The highest BCUT2D eigenvalue weighted by molar-refractivity contribution is 5.96. The van der Waals surface area contributed by atoms with E-state index in [4.69, 9.17) is 4.42 Å². The van der Waals surface area contributed by atoms with Gasteiger partial charge in [0, 0.05) is 18.5 Å². The lowest BCUT2D eigenvalue weighted by atomic mass is 10.1. The number of carbonyl (C=O) groups excluding carboxylic acids is 1. The topological polar surface area (TPSA) is 50.5 Å². The average Bonchev–Trinajstić information content (AvgIpc) is 2.25. The van der Waals surface area contributed by atoms with Crippen LogP contribution in [0.15, 0.2) is 39.5 Å². The third-order valence-corrected chi connectivity index (χ3v) is 3.02. The van der Waals surface area contributed by atoms with E-state index >= 15 is 0 Å². The van der Waals surface area contributed by atoms with E-state index in [-0.39, 0.29) is 11.5 Å². The molecule has 0 bridgehead atoms. The largest absolute Gasteiger partial charge is 0.422 e. The third-order valence-electron chi connectivity index (χ3n) is 3.02. The van der Waals surface area contributed by atoms with Crippen molar-refractivity contribution in [2.45, 2.75) is 6.42 Å². The van der Waals surface area contributed by atoms with E-state index in [2.05, 4.69) is 0 Å². The molecule has 1 aliphatic rings. The van der Waals surface area contributed by atoms with E-state index in [0.717, 1.165) is 24.9 Å². The number of hydrogen-bond donors (Lipinski definition) is 0. The van der Waals surface area contributed by atoms with Gasteiger partial charge in [0.2, 0.25) is 0 Å². The van der Waals surface area contributed by atoms with Crippen LogP contribution >= 0.6 is 0 Å². The van der Waals surface area contributed by atoms with Crippen molar-refractivity contribution < 1.29 is 9.21 Å². The molecule has 2 heterocycles. The molecule has 1 saturated heterocycles. The summed E-state index contributed by atoms with van der Waals surface area (Å²) in [5, 5.41) is 0.774. The maximum Gasteiger partial charge on any atom is 0.349 e. The van der Waals surface area contributed by atoms with Gasteiger partial charge in [-0.05, 0) is 18.6 Å². The molecule has 0 saturated carbocycles. The molecular formula is C13H11NO3. The molecule has 0 N–H and O–H groups in total. The van der Waals surface area contributed by atoms with E-state index in [9.17, 15) is 9.59 Å². The first-order valence-electron chi connectivity index (χ1n) is 5.58. The number of benzene rings is 1. The van der Waals surface area contributed by atoms with Crippen molar-refractivity contribution in [3.63, 3.8) is 0 Å². The quantitative estimate of drug-likeness (QED) is 0.698. The lowest BCUT2D eigenvalue weighted by molar-refractivity contribution is 0.0647. The van der Waals surface area contributed by atoms with Crippen molar-refractivity contribution in [1.82, 2.24) is 4.90 Å². The van der Waals surface area contributed by atoms with Crippen molar-refractivity contribution in [3.05, 3.63) is 46.3 Å². The van der Waals surface area contributed by atoms with Crippen LogP contribution in [-0.4, -0.2) is 23.9 Å². The van der Waals surface area contributed by atoms with Gasteiger partial charge in [-0.1, -0.05) is 18.2 Å². The maximum absolute atomic E-state index is 12.0. The Kier molecular flexibility index (Phi) is 2.21. The smallest absolute Gasteiger partial charge is 0.349 e. The normalized spacial score (nSPS) is 14.7. The molecule has 1 aromatic heterocycles. The Morgan fingerprint density at radius 3 is 2.71 bits per heavy atom. The van der Waals surface area contributed by atoms with Crippen molar-refractivity contribution in [2.75, 3.05) is 13.1 Å². The van der Waals surface area contributed by atoms with Crippen LogP contribution in [0.4, 0.5) is 0 Å². The predicted octanol–water partition coefficient (Wildman–Crippen LogP) is 1.64. The maximum atomic E-state index is 12.0. The Balaban J connectivity index is 2.12. The van der Waals surface area contributed by atoms with Gasteiger partial charge in [-0.2, -0.15) is 0 Å². The molecule has 0 radical (unpaired) electrons. The fourth-order valence-corrected chi connectivity index (χ4v) is 1.90. The van der Waals surface area contributed by atoms with Crippen molar-refractivity contribution in [2.24, 2.45) is 0 Å². The van der Waals surface area contributed by atoms with E-state index in [1.54, 1.807) is 23.1 Å². The molecule has 3 rings (SSSR count). The van der Waals surface area contributed by atoms with Crippen molar-refractivity contribution in [1.29, 1.82) is 0 Å². The van der Waals surface area contributed by atoms with Crippen LogP contribution in [0.2, 0.25) is 0 Å². The number of hydrogen-bond acceptors (Lipinski definition) is 3. The Hall–Kier alpha value is -2.10. The standard InChI is InChI=1S/C13H11NO3/c15-12(14-6-3-7-14)10-8-9-4-1-2-5-11(9)17-13(10)16/h1-2,4-5,8H,3,6-7H2. The average molecular weight is 229 g/mol. The first-order valence-corrected chi connectivity index (χ1v) is 5.58. The van der Waals surface area contributed by atoms with Crippen molar-refractivity contribution in [3.8, 4) is 0 Å². The number of carbonyl (C=O) groups is 1. The SMILES string of the molecule is O=C(c1cc2ccccc2oc1=O)N1CCC1. The summed E-state index contributed by atoms with van der Waals surface area (Å²) in [6.45, 7) is 1.45. The molecule has 2 aromatic rings. The minimum atomic E-state index is -0.555. The van der Waals surface area contributed by atoms with E-state index in [1.807, 2.05) is 12.1 Å². The van der Waals surface area contributed by atoms with E-state index < -0.39 is 5.63 Å². The van der Waals surface area contributed by atoms with Gasteiger partial charge in [-0.3, -0.25) is 4.79 Å². The van der Waals surface area contributed by atoms with Crippen LogP contribution < -0.4 is 5.63 Å². The minimum absolute atomic E-state index is 0.128. The second-order valence-corrected chi connectivity index (χ2v) is 4.13. The zero-order chi connectivity index (χ0) is 11.8. The van der Waals surface area contributed by atoms with Gasteiger partial charge in [-0.15, -0.1) is 0 Å². The van der Waals surface area contributed by atoms with Gasteiger partial charge in [0.05, 0.1) is 0 Å². The van der Waals surface area contributed by atoms with Crippen LogP contribution in [0.3, 0.4) is 0 Å². The van der Waals surface area contributed by atoms with Crippen LogP contribution in [0.1, 0.15) is 16.8 Å². The number of likely N-dealkylation sites (tertiary alicyclic amines) is 1. The van der Waals surface area contributed by atoms with Gasteiger partial charge in [0.15, 0.2) is 0 Å². The molecule has 0 unspecified atom stereocenters. The zero-order valence-electron chi connectivity index (χ0n) is 9.18. The fraction of sp³-hybridized carbons (Fsp3) is 0.231. The molecule has 0 spiro atoms. The molecule has 1 aromatic carbocycles.